The van der Waals surface area contributed by atoms with Gasteiger partial charge in [0.1, 0.15) is 0 Å². The largest absolute Gasteiger partial charge is 0.469 e. The van der Waals surface area contributed by atoms with Crippen molar-refractivity contribution in [1.29, 1.82) is 0 Å². The molecule has 0 saturated heterocycles. The SMILES string of the molecule is COC(=O)CCc1ccc(N[C@H](C)c2ccccc2)c(N)c1. The Hall–Kier alpha value is -2.49. The molecule has 2 aromatic rings. The first-order valence-electron chi connectivity index (χ1n) is 7.37. The summed E-state index contributed by atoms with van der Waals surface area (Å²) in [5.74, 6) is -0.210. The maximum absolute atomic E-state index is 11.2. The van der Waals surface area contributed by atoms with Gasteiger partial charge in [0.25, 0.3) is 0 Å². The van der Waals surface area contributed by atoms with E-state index < -0.39 is 0 Å². The number of nitrogens with two attached hydrogens (primary N) is 1. The lowest BCUT2D eigenvalue weighted by atomic mass is 10.1. The van der Waals surface area contributed by atoms with Crippen LogP contribution in [0.3, 0.4) is 0 Å². The predicted molar refractivity (Wildman–Crippen MR) is 89.7 cm³/mol. The third kappa shape index (κ3) is 4.25. The zero-order chi connectivity index (χ0) is 15.9. The standard InChI is InChI=1S/C18H22N2O2/c1-13(15-6-4-3-5-7-15)20-17-10-8-14(12-16(17)19)9-11-18(21)22-2/h3-8,10,12-13,20H,9,11,19H2,1-2H3/t13-/m1/s1. The summed E-state index contributed by atoms with van der Waals surface area (Å²) in [7, 11) is 1.40. The predicted octanol–water partition coefficient (Wildman–Crippen LogP) is 3.55. The molecule has 22 heavy (non-hydrogen) atoms. The average Bonchev–Trinajstić information content (AvgIpc) is 2.55. The highest BCUT2D eigenvalue weighted by Crippen LogP contribution is 2.25. The molecule has 2 aromatic carbocycles. The molecule has 3 N–H and O–H groups in total. The number of anilines is 2. The smallest absolute Gasteiger partial charge is 0.305 e. The lowest BCUT2D eigenvalue weighted by Gasteiger charge is -2.17. The van der Waals surface area contributed by atoms with Gasteiger partial charge in [-0.25, -0.2) is 0 Å². The molecule has 0 unspecified atom stereocenters. The van der Waals surface area contributed by atoms with Crippen LogP contribution in [0.5, 0.6) is 0 Å². The second-order valence-electron chi connectivity index (χ2n) is 5.27. The van der Waals surface area contributed by atoms with Crippen LogP contribution in [0.4, 0.5) is 11.4 Å². The van der Waals surface area contributed by atoms with Crippen molar-refractivity contribution < 1.29 is 9.53 Å². The number of ether oxygens (including phenoxy) is 1. The Morgan fingerprint density at radius 1 is 1.23 bits per heavy atom. The highest BCUT2D eigenvalue weighted by molar-refractivity contribution is 5.70. The third-order valence-corrected chi connectivity index (χ3v) is 3.63. The number of methoxy groups -OCH3 is 1. The van der Waals surface area contributed by atoms with Crippen molar-refractivity contribution in [2.24, 2.45) is 0 Å². The van der Waals surface area contributed by atoms with Gasteiger partial charge in [-0.2, -0.15) is 0 Å². The molecule has 0 heterocycles. The van der Waals surface area contributed by atoms with Gasteiger partial charge in [-0.1, -0.05) is 36.4 Å². The molecule has 0 saturated carbocycles. The number of hydrogen-bond acceptors (Lipinski definition) is 4. The molecular weight excluding hydrogens is 276 g/mol. The highest BCUT2D eigenvalue weighted by Gasteiger charge is 2.08. The number of nitrogens with one attached hydrogen (secondary N) is 1. The maximum Gasteiger partial charge on any atom is 0.305 e. The van der Waals surface area contributed by atoms with Gasteiger partial charge in [0.15, 0.2) is 0 Å². The van der Waals surface area contributed by atoms with E-state index in [4.69, 9.17) is 5.73 Å². The van der Waals surface area contributed by atoms with E-state index >= 15 is 0 Å². The van der Waals surface area contributed by atoms with Crippen molar-refractivity contribution >= 4 is 17.3 Å². The molecule has 4 heteroatoms. The molecule has 116 valence electrons. The number of carbonyl (C=O) groups excluding carboxylic acids is 1. The zero-order valence-electron chi connectivity index (χ0n) is 13.0. The van der Waals surface area contributed by atoms with E-state index in [1.807, 2.05) is 36.4 Å². The summed E-state index contributed by atoms with van der Waals surface area (Å²) in [4.78, 5) is 11.2. The maximum atomic E-state index is 11.2. The van der Waals surface area contributed by atoms with Crippen molar-refractivity contribution in [2.45, 2.75) is 25.8 Å². The van der Waals surface area contributed by atoms with Crippen LogP contribution in [0.25, 0.3) is 0 Å². The average molecular weight is 298 g/mol. The minimum Gasteiger partial charge on any atom is -0.469 e. The molecule has 0 spiro atoms. The Kier molecular flexibility index (Phi) is 5.42. The number of rotatable bonds is 6. The summed E-state index contributed by atoms with van der Waals surface area (Å²) in [6, 6.07) is 16.2. The van der Waals surface area contributed by atoms with E-state index in [1.165, 1.54) is 12.7 Å². The summed E-state index contributed by atoms with van der Waals surface area (Å²) >= 11 is 0. The number of benzene rings is 2. The van der Waals surface area contributed by atoms with E-state index in [0.717, 1.165) is 11.3 Å². The fourth-order valence-corrected chi connectivity index (χ4v) is 2.31. The van der Waals surface area contributed by atoms with Gasteiger partial charge in [-0.3, -0.25) is 4.79 Å². The fourth-order valence-electron chi connectivity index (χ4n) is 2.31. The van der Waals surface area contributed by atoms with Gasteiger partial charge >= 0.3 is 5.97 Å². The second-order valence-corrected chi connectivity index (χ2v) is 5.27. The number of aryl methyl sites for hydroxylation is 1. The van der Waals surface area contributed by atoms with Crippen LogP contribution < -0.4 is 11.1 Å². The molecule has 0 radical (unpaired) electrons. The summed E-state index contributed by atoms with van der Waals surface area (Å²) in [6.07, 6.45) is 0.995. The zero-order valence-corrected chi connectivity index (χ0v) is 13.0. The van der Waals surface area contributed by atoms with Gasteiger partial charge in [0.05, 0.1) is 18.5 Å². The summed E-state index contributed by atoms with van der Waals surface area (Å²) in [5, 5.41) is 3.41. The summed E-state index contributed by atoms with van der Waals surface area (Å²) in [6.45, 7) is 2.10. The molecule has 0 fully saturated rings. The van der Waals surface area contributed by atoms with Gasteiger partial charge in [0.2, 0.25) is 0 Å². The highest BCUT2D eigenvalue weighted by atomic mass is 16.5. The lowest BCUT2D eigenvalue weighted by Crippen LogP contribution is -2.08. The Bertz CT molecular complexity index is 626. The third-order valence-electron chi connectivity index (χ3n) is 3.63. The first kappa shape index (κ1) is 15.9. The molecule has 1 atom stereocenters. The lowest BCUT2D eigenvalue weighted by molar-refractivity contribution is -0.140. The van der Waals surface area contributed by atoms with Gasteiger partial charge in [-0.15, -0.1) is 0 Å². The molecule has 0 aliphatic carbocycles. The molecule has 2 rings (SSSR count). The summed E-state index contributed by atoms with van der Waals surface area (Å²) in [5.41, 5.74) is 9.93. The number of nitrogen functional groups attached to an aromatic ring is 1. The minimum absolute atomic E-state index is 0.171. The van der Waals surface area contributed by atoms with Crippen molar-refractivity contribution in [1.82, 2.24) is 0 Å². The normalized spacial score (nSPS) is 11.7. The van der Waals surface area contributed by atoms with Crippen LogP contribution in [0.1, 0.15) is 30.5 Å². The van der Waals surface area contributed by atoms with E-state index in [2.05, 4.69) is 29.1 Å². The first-order chi connectivity index (χ1) is 10.6. The second kappa shape index (κ2) is 7.50. The molecule has 0 aromatic heterocycles. The van der Waals surface area contributed by atoms with Crippen LogP contribution >= 0.6 is 0 Å². The van der Waals surface area contributed by atoms with Crippen molar-refractivity contribution in [2.75, 3.05) is 18.2 Å². The minimum atomic E-state index is -0.210. The fraction of sp³-hybridized carbons (Fsp3) is 0.278. The van der Waals surface area contributed by atoms with Crippen LogP contribution in [-0.4, -0.2) is 13.1 Å². The topological polar surface area (TPSA) is 64.3 Å². The van der Waals surface area contributed by atoms with Crippen molar-refractivity contribution in [3.8, 4) is 0 Å². The molecule has 0 amide bonds. The Morgan fingerprint density at radius 3 is 2.59 bits per heavy atom. The Morgan fingerprint density at radius 2 is 1.95 bits per heavy atom. The van der Waals surface area contributed by atoms with Gasteiger partial charge in [0, 0.05) is 12.5 Å². The molecule has 0 bridgehead atoms. The molecule has 0 aliphatic rings. The van der Waals surface area contributed by atoms with E-state index in [1.54, 1.807) is 0 Å². The number of carbonyl (C=O) groups is 1. The van der Waals surface area contributed by atoms with Crippen molar-refractivity contribution in [3.63, 3.8) is 0 Å². The van der Waals surface area contributed by atoms with Crippen LogP contribution in [-0.2, 0) is 16.0 Å². The Balaban J connectivity index is 2.02. The van der Waals surface area contributed by atoms with Gasteiger partial charge in [-0.05, 0) is 36.6 Å². The Labute approximate surface area is 131 Å². The van der Waals surface area contributed by atoms with Crippen LogP contribution in [0.2, 0.25) is 0 Å². The monoisotopic (exact) mass is 298 g/mol. The van der Waals surface area contributed by atoms with Crippen molar-refractivity contribution in [3.05, 3.63) is 59.7 Å². The molecule has 4 nitrogen and oxygen atoms in total. The van der Waals surface area contributed by atoms with Gasteiger partial charge < -0.3 is 15.8 Å². The number of hydrogen-bond donors (Lipinski definition) is 2. The first-order valence-corrected chi connectivity index (χ1v) is 7.37. The molecular formula is C18H22N2O2. The van der Waals surface area contributed by atoms with E-state index in [9.17, 15) is 4.79 Å². The van der Waals surface area contributed by atoms with Crippen LogP contribution in [0, 0.1) is 0 Å². The number of esters is 1. The van der Waals surface area contributed by atoms with Crippen LogP contribution in [0.15, 0.2) is 48.5 Å². The van der Waals surface area contributed by atoms with E-state index in [0.29, 0.717) is 18.5 Å². The molecule has 0 aliphatic heterocycles. The van der Waals surface area contributed by atoms with E-state index in [-0.39, 0.29) is 12.0 Å². The summed E-state index contributed by atoms with van der Waals surface area (Å²) < 4.78 is 4.64. The quantitative estimate of drug-likeness (QED) is 0.632.